The Labute approximate surface area is 254 Å². The quantitative estimate of drug-likeness (QED) is 0.304. The van der Waals surface area contributed by atoms with Crippen LogP contribution in [0.3, 0.4) is 0 Å². The molecule has 3 aliphatic rings. The van der Waals surface area contributed by atoms with E-state index in [1.807, 2.05) is 37.3 Å². The molecule has 3 aromatic rings. The fourth-order valence-corrected chi connectivity index (χ4v) is 7.96. The maximum Gasteiger partial charge on any atom is 0.345 e. The Kier molecular flexibility index (Phi) is 9.56. The Hall–Kier alpha value is -4.53. The minimum absolute atomic E-state index is 0.0251. The van der Waals surface area contributed by atoms with E-state index in [1.54, 1.807) is 24.5 Å². The first-order valence-corrected chi connectivity index (χ1v) is 14.3. The first-order chi connectivity index (χ1) is 21.0. The fourth-order valence-electron chi connectivity index (χ4n) is 7.96. The summed E-state index contributed by atoms with van der Waals surface area (Å²) in [5.41, 5.74) is 0.547. The van der Waals surface area contributed by atoms with Gasteiger partial charge in [0.15, 0.2) is 0 Å². The van der Waals surface area contributed by atoms with Crippen LogP contribution in [0.2, 0.25) is 0 Å². The third kappa shape index (κ3) is 5.58. The Balaban J connectivity index is 0.000000683. The van der Waals surface area contributed by atoms with E-state index in [4.69, 9.17) is 29.0 Å². The fraction of sp³-hybridized carbons (Fsp3) is 0.424. The molecule has 2 saturated carbocycles. The lowest BCUT2D eigenvalue weighted by Gasteiger charge is -2.64. The van der Waals surface area contributed by atoms with Crippen molar-refractivity contribution in [1.82, 2.24) is 4.98 Å². The smallest absolute Gasteiger partial charge is 0.345 e. The van der Waals surface area contributed by atoms with Gasteiger partial charge in [-0.15, -0.1) is 0 Å². The number of aromatic nitrogens is 1. The molecule has 44 heavy (non-hydrogen) atoms. The van der Waals surface area contributed by atoms with Crippen LogP contribution in [-0.4, -0.2) is 50.1 Å². The number of hydrogen-bond donors (Lipinski definition) is 4. The minimum atomic E-state index is -1.10. The molecule has 2 aromatic heterocycles. The third-order valence-corrected chi connectivity index (χ3v) is 9.86. The maximum absolute atomic E-state index is 13.4. The zero-order chi connectivity index (χ0) is 32.2. The molecule has 4 N–H and O–H groups in total. The number of pyridine rings is 1. The number of nitriles is 1. The van der Waals surface area contributed by atoms with Crippen molar-refractivity contribution in [3.05, 3.63) is 82.0 Å². The van der Waals surface area contributed by atoms with Crippen molar-refractivity contribution in [1.29, 1.82) is 5.26 Å². The summed E-state index contributed by atoms with van der Waals surface area (Å²) in [7, 11) is 0. The van der Waals surface area contributed by atoms with Gasteiger partial charge in [-0.2, -0.15) is 5.26 Å². The van der Waals surface area contributed by atoms with Crippen LogP contribution < -0.4 is 10.4 Å². The first kappa shape index (κ1) is 32.4. The van der Waals surface area contributed by atoms with Gasteiger partial charge >= 0.3 is 5.63 Å². The molecule has 8 unspecified atom stereocenters. The molecule has 0 amide bonds. The van der Waals surface area contributed by atoms with Crippen LogP contribution in [0.25, 0.3) is 11.3 Å². The second-order valence-electron chi connectivity index (χ2n) is 11.9. The van der Waals surface area contributed by atoms with Gasteiger partial charge in [-0.1, -0.05) is 26.0 Å². The Bertz CT molecular complexity index is 1560. The zero-order valence-electron chi connectivity index (χ0n) is 24.7. The Morgan fingerprint density at radius 3 is 2.34 bits per heavy atom. The molecule has 1 aliphatic heterocycles. The molecule has 0 spiro atoms. The molecule has 0 saturated heterocycles. The van der Waals surface area contributed by atoms with E-state index in [9.17, 15) is 20.3 Å². The van der Waals surface area contributed by atoms with Gasteiger partial charge in [0.05, 0.1) is 23.8 Å². The number of hydrogen-bond acceptors (Lipinski definition) is 9. The molecule has 0 radical (unpaired) electrons. The monoisotopic (exact) mass is 604 g/mol. The van der Waals surface area contributed by atoms with Crippen LogP contribution in [-0.2, 0) is 9.59 Å². The number of aliphatic hydroxyl groups excluding tert-OH is 2. The average molecular weight is 605 g/mol. The molecule has 6 rings (SSSR count). The van der Waals surface area contributed by atoms with E-state index in [-0.39, 0.29) is 41.7 Å². The molecular weight excluding hydrogens is 568 g/mol. The molecular formula is C33H36N2O9. The summed E-state index contributed by atoms with van der Waals surface area (Å²) in [6, 6.07) is 15.0. The Morgan fingerprint density at radius 2 is 1.75 bits per heavy atom. The molecule has 11 heteroatoms. The van der Waals surface area contributed by atoms with Crippen LogP contribution >= 0.6 is 0 Å². The Morgan fingerprint density at radius 1 is 1.09 bits per heavy atom. The van der Waals surface area contributed by atoms with Crippen LogP contribution in [0.1, 0.15) is 68.7 Å². The number of ether oxygens (including phenoxy) is 1. The molecule has 0 bridgehead atoms. The lowest BCUT2D eigenvalue weighted by Crippen LogP contribution is -2.65. The summed E-state index contributed by atoms with van der Waals surface area (Å²) in [5.74, 6) is 0.242. The maximum atomic E-state index is 13.4. The number of rotatable bonds is 2. The van der Waals surface area contributed by atoms with Crippen LogP contribution in [0.5, 0.6) is 5.75 Å². The van der Waals surface area contributed by atoms with Gasteiger partial charge < -0.3 is 29.6 Å². The van der Waals surface area contributed by atoms with Gasteiger partial charge in [-0.05, 0) is 73.3 Å². The summed E-state index contributed by atoms with van der Waals surface area (Å²) >= 11 is 0. The number of carbonyl (C=O) groups is 2. The van der Waals surface area contributed by atoms with Crippen molar-refractivity contribution >= 4 is 12.9 Å². The van der Waals surface area contributed by atoms with Crippen molar-refractivity contribution in [2.24, 2.45) is 23.2 Å². The van der Waals surface area contributed by atoms with E-state index in [0.717, 1.165) is 18.4 Å². The highest BCUT2D eigenvalue weighted by atomic mass is 16.5. The van der Waals surface area contributed by atoms with Crippen LogP contribution in [0.15, 0.2) is 64.1 Å². The van der Waals surface area contributed by atoms with Gasteiger partial charge in [0.1, 0.15) is 22.7 Å². The topological polar surface area (TPSA) is 191 Å². The van der Waals surface area contributed by atoms with Gasteiger partial charge in [-0.25, -0.2) is 4.79 Å². The lowest BCUT2D eigenvalue weighted by molar-refractivity contribution is -0.211. The van der Waals surface area contributed by atoms with Crippen molar-refractivity contribution in [3.8, 4) is 23.1 Å². The molecule has 232 valence electrons. The van der Waals surface area contributed by atoms with Gasteiger partial charge in [0, 0.05) is 35.9 Å². The summed E-state index contributed by atoms with van der Waals surface area (Å²) in [5, 5.41) is 46.0. The van der Waals surface area contributed by atoms with Crippen molar-refractivity contribution in [3.63, 3.8) is 0 Å². The van der Waals surface area contributed by atoms with E-state index in [1.165, 1.54) is 0 Å². The lowest BCUT2D eigenvalue weighted by atomic mass is 9.44. The van der Waals surface area contributed by atoms with Crippen LogP contribution in [0.4, 0.5) is 0 Å². The second kappa shape index (κ2) is 13.0. The van der Waals surface area contributed by atoms with Crippen LogP contribution in [0, 0.1) is 34.5 Å². The number of benzene rings is 1. The summed E-state index contributed by atoms with van der Waals surface area (Å²) in [4.78, 5) is 34.2. The highest BCUT2D eigenvalue weighted by Gasteiger charge is 2.66. The molecule has 11 nitrogen and oxygen atoms in total. The van der Waals surface area contributed by atoms with E-state index in [2.05, 4.69) is 24.9 Å². The second-order valence-corrected chi connectivity index (χ2v) is 11.9. The molecule has 3 heterocycles. The van der Waals surface area contributed by atoms with Gasteiger partial charge in [-0.3, -0.25) is 14.6 Å². The van der Waals surface area contributed by atoms with Crippen molar-refractivity contribution < 1.29 is 39.2 Å². The average Bonchev–Trinajstić information content (AvgIpc) is 3.00. The van der Waals surface area contributed by atoms with Crippen molar-refractivity contribution in [2.75, 3.05) is 0 Å². The third-order valence-electron chi connectivity index (χ3n) is 9.86. The number of nitrogens with zero attached hydrogens (tertiary/aromatic N) is 2. The SMILES string of the molecule is CC1C(O)CCC2(C)C1CC(c1ccc(C#N)cc1)C1(C)Oc3cc(-c4cccnc4)oc(=O)c3C(O)C21.O=CO.O=CO. The highest BCUT2D eigenvalue weighted by molar-refractivity contribution is 5.59. The number of aliphatic hydroxyl groups is 2. The molecule has 1 aromatic carbocycles. The highest BCUT2D eigenvalue weighted by Crippen LogP contribution is 2.67. The number of fused-ring (bicyclic) bond motifs is 4. The number of carboxylic acid groups (broad SMARTS) is 2. The zero-order valence-corrected chi connectivity index (χ0v) is 24.7. The summed E-state index contributed by atoms with van der Waals surface area (Å²) < 4.78 is 12.6. The van der Waals surface area contributed by atoms with E-state index >= 15 is 0 Å². The van der Waals surface area contributed by atoms with Gasteiger partial charge in [0.2, 0.25) is 0 Å². The largest absolute Gasteiger partial charge is 0.486 e. The predicted octanol–water partition coefficient (Wildman–Crippen LogP) is 4.38. The summed E-state index contributed by atoms with van der Waals surface area (Å²) in [6.45, 7) is 5.81. The molecule has 2 aliphatic carbocycles. The molecule has 2 fully saturated rings. The predicted molar refractivity (Wildman–Crippen MR) is 158 cm³/mol. The van der Waals surface area contributed by atoms with Crippen molar-refractivity contribution in [2.45, 2.75) is 63.8 Å². The minimum Gasteiger partial charge on any atom is -0.486 e. The summed E-state index contributed by atoms with van der Waals surface area (Å²) in [6.07, 6.45) is 3.87. The standard InChI is InChI=1S/C31H32N2O5.2CH2O2/c1-17-21-13-22(19-8-6-18(15-32)7-9-19)31(3)28(30(21,2)11-10-23(17)34)27(35)26-25(38-31)14-24(37-29(26)36)20-5-4-12-33-16-20;2*2-1-3/h4-9,12,14,16-17,21-23,27-28,34-35H,10-11,13H2,1-3H3;2*1H,(H,2,3). The van der Waals surface area contributed by atoms with E-state index in [0.29, 0.717) is 29.1 Å². The first-order valence-electron chi connectivity index (χ1n) is 14.3. The van der Waals surface area contributed by atoms with Gasteiger partial charge in [0.25, 0.3) is 12.9 Å². The normalized spacial score (nSPS) is 31.4. The molecule has 8 atom stereocenters. The van der Waals surface area contributed by atoms with E-state index < -0.39 is 29.4 Å².